The van der Waals surface area contributed by atoms with E-state index in [4.69, 9.17) is 4.74 Å². The van der Waals surface area contributed by atoms with Crippen LogP contribution in [0.1, 0.15) is 83.9 Å². The molecule has 3 nitrogen and oxygen atoms in total. The Bertz CT molecular complexity index is 1280. The summed E-state index contributed by atoms with van der Waals surface area (Å²) < 4.78 is 42.7. The molecule has 0 atom stereocenters. The van der Waals surface area contributed by atoms with Gasteiger partial charge >= 0.3 is 6.18 Å². The van der Waals surface area contributed by atoms with Crippen LogP contribution in [-0.4, -0.2) is 19.5 Å². The molecule has 3 rings (SSSR count). The molecule has 0 spiro atoms. The molecule has 2 aliphatic rings. The van der Waals surface area contributed by atoms with Gasteiger partial charge in [-0.2, -0.15) is 13.2 Å². The van der Waals surface area contributed by atoms with Crippen LogP contribution >= 0.6 is 0 Å². The molecule has 1 aromatic carbocycles. The summed E-state index contributed by atoms with van der Waals surface area (Å²) in [4.78, 5) is 4.53. The summed E-state index contributed by atoms with van der Waals surface area (Å²) in [6.45, 7) is 29.7. The molecule has 0 aliphatic heterocycles. The molecule has 0 saturated heterocycles. The Morgan fingerprint density at radius 1 is 1.07 bits per heavy atom. The van der Waals surface area contributed by atoms with Gasteiger partial charge in [0.25, 0.3) is 0 Å². The molecule has 0 unspecified atom stereocenters. The van der Waals surface area contributed by atoms with Gasteiger partial charge in [-0.3, -0.25) is 0 Å². The van der Waals surface area contributed by atoms with Crippen molar-refractivity contribution in [2.24, 2.45) is 16.3 Å². The highest BCUT2D eigenvalue weighted by molar-refractivity contribution is 6.10. The molecule has 6 heteroatoms. The highest BCUT2D eigenvalue weighted by Gasteiger charge is 2.66. The van der Waals surface area contributed by atoms with E-state index in [9.17, 15) is 13.2 Å². The maximum absolute atomic E-state index is 12.6. The lowest BCUT2D eigenvalue weighted by molar-refractivity contribution is -0.184. The zero-order valence-electron chi connectivity index (χ0n) is 27.5. The van der Waals surface area contributed by atoms with Crippen LogP contribution in [0.3, 0.4) is 0 Å². The van der Waals surface area contributed by atoms with E-state index in [-0.39, 0.29) is 18.6 Å². The summed E-state index contributed by atoms with van der Waals surface area (Å²) in [5, 5.41) is 3.29. The number of allylic oxidation sites excluding steroid dienone is 8. The molecule has 0 aromatic heterocycles. The number of nitrogens with zero attached hydrogens (tertiary/aromatic N) is 1. The second kappa shape index (κ2) is 16.9. The lowest BCUT2D eigenvalue weighted by atomic mass is 9.97. The Hall–Kier alpha value is -3.54. The standard InChI is InChI=1S/C25H32N2.C10H13F3O.C2H6/c1-8-21(24-13-12-23(14-17(3)4)18(5)15-24)16-26-20(7)27-25(9-2)19(6)22-10-11-22;1-7(2)6-8(14-3)9(4-5-9)10(11,12)13;1-2/h8-9,12-13,15-16,22,27H,3,6-7,10-11,14H2,1-2,4-5H3;6H,1,4-5H2,2-3H3;1-2H3/b21-8+,25-9+,26-16-;8-6-;. The molecular weight excluding hydrogens is 545 g/mol. The molecule has 0 bridgehead atoms. The molecule has 2 fully saturated rings. The third kappa shape index (κ3) is 11.2. The zero-order valence-corrected chi connectivity index (χ0v) is 27.5. The predicted molar refractivity (Wildman–Crippen MR) is 179 cm³/mol. The zero-order chi connectivity index (χ0) is 33.0. The van der Waals surface area contributed by atoms with Crippen molar-refractivity contribution >= 4 is 11.8 Å². The third-order valence-electron chi connectivity index (χ3n) is 7.18. The summed E-state index contributed by atoms with van der Waals surface area (Å²) in [6, 6.07) is 6.54. The van der Waals surface area contributed by atoms with Gasteiger partial charge < -0.3 is 10.1 Å². The molecule has 0 radical (unpaired) electrons. The molecule has 0 heterocycles. The number of nitrogens with one attached hydrogen (secondary N) is 1. The van der Waals surface area contributed by atoms with Crippen LogP contribution in [0.25, 0.3) is 5.57 Å². The average molecular weight is 597 g/mol. The van der Waals surface area contributed by atoms with Gasteiger partial charge in [0, 0.05) is 11.9 Å². The molecule has 2 aliphatic carbocycles. The Balaban J connectivity index is 0.000000485. The van der Waals surface area contributed by atoms with E-state index in [2.05, 4.69) is 74.7 Å². The Kier molecular flexibility index (Phi) is 14.8. The fourth-order valence-corrected chi connectivity index (χ4v) is 4.45. The summed E-state index contributed by atoms with van der Waals surface area (Å²) in [7, 11) is 1.26. The van der Waals surface area contributed by atoms with Crippen LogP contribution in [0.2, 0.25) is 0 Å². The second-order valence-corrected chi connectivity index (χ2v) is 11.0. The number of hydrogen-bond acceptors (Lipinski definition) is 3. The van der Waals surface area contributed by atoms with Crippen LogP contribution in [0.15, 0.2) is 102 Å². The first-order chi connectivity index (χ1) is 20.2. The van der Waals surface area contributed by atoms with E-state index in [1.807, 2.05) is 40.0 Å². The van der Waals surface area contributed by atoms with Crippen molar-refractivity contribution in [1.29, 1.82) is 0 Å². The molecule has 236 valence electrons. The highest BCUT2D eigenvalue weighted by atomic mass is 19.4. The van der Waals surface area contributed by atoms with E-state index >= 15 is 0 Å². The number of methoxy groups -OCH3 is 1. The minimum atomic E-state index is -4.22. The number of aryl methyl sites for hydroxylation is 1. The van der Waals surface area contributed by atoms with Crippen LogP contribution < -0.4 is 5.32 Å². The van der Waals surface area contributed by atoms with Gasteiger partial charge in [0.2, 0.25) is 0 Å². The van der Waals surface area contributed by atoms with Crippen molar-refractivity contribution < 1.29 is 17.9 Å². The van der Waals surface area contributed by atoms with Gasteiger partial charge in [0.1, 0.15) is 17.0 Å². The van der Waals surface area contributed by atoms with Crippen LogP contribution in [0.4, 0.5) is 13.2 Å². The van der Waals surface area contributed by atoms with Gasteiger partial charge in [0.15, 0.2) is 0 Å². The lowest BCUT2D eigenvalue weighted by Gasteiger charge is -2.21. The SMILES string of the molecule is C=C(C)/C=C(\OC)C1(C(F)(F)F)CC1.C=C(C)Cc1ccc(C(/C=N\C(=C)N/C(=C/C)C(=C)C2CC2)=C/C)cc1C.CC. The van der Waals surface area contributed by atoms with Crippen molar-refractivity contribution in [3.8, 4) is 0 Å². The van der Waals surface area contributed by atoms with Crippen LogP contribution in [0.5, 0.6) is 0 Å². The first-order valence-corrected chi connectivity index (χ1v) is 14.9. The monoisotopic (exact) mass is 596 g/mol. The number of alkyl halides is 3. The van der Waals surface area contributed by atoms with E-state index < -0.39 is 11.6 Å². The van der Waals surface area contributed by atoms with E-state index in [1.54, 1.807) is 6.92 Å². The van der Waals surface area contributed by atoms with Crippen molar-refractivity contribution in [2.45, 2.75) is 86.7 Å². The van der Waals surface area contributed by atoms with E-state index in [0.29, 0.717) is 17.3 Å². The number of hydrogen-bond donors (Lipinski definition) is 1. The fraction of sp³-hybridized carbons (Fsp3) is 0.432. The lowest BCUT2D eigenvalue weighted by Crippen LogP contribution is -2.27. The van der Waals surface area contributed by atoms with Crippen LogP contribution in [-0.2, 0) is 11.2 Å². The number of benzene rings is 1. The van der Waals surface area contributed by atoms with Crippen molar-refractivity contribution in [2.75, 3.05) is 7.11 Å². The van der Waals surface area contributed by atoms with E-state index in [0.717, 1.165) is 28.8 Å². The molecule has 2 saturated carbocycles. The maximum Gasteiger partial charge on any atom is 0.401 e. The largest absolute Gasteiger partial charge is 0.500 e. The molecule has 1 N–H and O–H groups in total. The first kappa shape index (κ1) is 37.5. The van der Waals surface area contributed by atoms with Crippen molar-refractivity contribution in [3.05, 3.63) is 113 Å². The Morgan fingerprint density at radius 3 is 2.07 bits per heavy atom. The van der Waals surface area contributed by atoms with Gasteiger partial charge in [0.05, 0.1) is 7.11 Å². The number of halogens is 3. The van der Waals surface area contributed by atoms with Crippen molar-refractivity contribution in [3.63, 3.8) is 0 Å². The Morgan fingerprint density at radius 2 is 1.67 bits per heavy atom. The minimum absolute atomic E-state index is 0.0162. The maximum atomic E-state index is 12.6. The second-order valence-electron chi connectivity index (χ2n) is 11.0. The molecule has 43 heavy (non-hydrogen) atoms. The first-order valence-electron chi connectivity index (χ1n) is 14.9. The average Bonchev–Trinajstić information content (AvgIpc) is 3.86. The summed E-state index contributed by atoms with van der Waals surface area (Å²) in [5.41, 5.74) is 7.02. The topological polar surface area (TPSA) is 33.6 Å². The summed E-state index contributed by atoms with van der Waals surface area (Å²) >= 11 is 0. The van der Waals surface area contributed by atoms with Crippen LogP contribution in [0, 0.1) is 18.3 Å². The van der Waals surface area contributed by atoms with Gasteiger partial charge in [-0.05, 0) is 107 Å². The van der Waals surface area contributed by atoms with Gasteiger partial charge in [-0.25, -0.2) is 4.99 Å². The number of rotatable bonds is 12. The smallest absolute Gasteiger partial charge is 0.401 e. The van der Waals surface area contributed by atoms with Gasteiger partial charge in [-0.15, -0.1) is 0 Å². The predicted octanol–water partition coefficient (Wildman–Crippen LogP) is 11.0. The van der Waals surface area contributed by atoms with Gasteiger partial charge in [-0.1, -0.05) is 81.7 Å². The molecule has 0 amide bonds. The third-order valence-corrected chi connectivity index (χ3v) is 7.18. The normalized spacial score (nSPS) is 16.3. The fourth-order valence-electron chi connectivity index (χ4n) is 4.45. The Labute approximate surface area is 258 Å². The quantitative estimate of drug-likeness (QED) is 0.113. The van der Waals surface area contributed by atoms with E-state index in [1.165, 1.54) is 42.7 Å². The number of ether oxygens (including phenoxy) is 1. The summed E-state index contributed by atoms with van der Waals surface area (Å²) in [6.07, 6.45) is 6.75. The number of aliphatic imine (C=N–C) groups is 1. The summed E-state index contributed by atoms with van der Waals surface area (Å²) in [5.74, 6) is 1.23. The molecule has 1 aromatic rings. The highest BCUT2D eigenvalue weighted by Crippen LogP contribution is 2.62. The minimum Gasteiger partial charge on any atom is -0.500 e. The molecular formula is C37H51F3N2O. The van der Waals surface area contributed by atoms with Crippen molar-refractivity contribution in [1.82, 2.24) is 5.32 Å².